The van der Waals surface area contributed by atoms with Crippen LogP contribution in [0.25, 0.3) is 0 Å². The van der Waals surface area contributed by atoms with Crippen LogP contribution in [0, 0.1) is 11.6 Å². The third-order valence-corrected chi connectivity index (χ3v) is 3.74. The van der Waals surface area contributed by atoms with E-state index in [9.17, 15) is 8.78 Å². The molecule has 0 saturated carbocycles. The maximum atomic E-state index is 13.5. The number of hydrogen-bond donors (Lipinski definition) is 0. The number of hydrogen-bond acceptors (Lipinski definition) is 1. The van der Waals surface area contributed by atoms with Crippen molar-refractivity contribution in [2.45, 2.75) is 10.6 Å². The Morgan fingerprint density at radius 3 is 2.59 bits per heavy atom. The Morgan fingerprint density at radius 2 is 1.88 bits per heavy atom. The molecule has 0 aliphatic rings. The quantitative estimate of drug-likeness (QED) is 0.717. The number of rotatable bonds is 3. The fraction of sp³-hybridized carbons (Fsp3) is 0.0769. The molecule has 0 unspecified atom stereocenters. The molecule has 0 atom stereocenters. The molecule has 88 valence electrons. The molecular weight excluding hydrogens is 306 g/mol. The predicted octanol–water partition coefficient (Wildman–Crippen LogP) is 5.02. The van der Waals surface area contributed by atoms with Crippen molar-refractivity contribution in [2.75, 3.05) is 0 Å². The van der Waals surface area contributed by atoms with Gasteiger partial charge in [0.05, 0.1) is 0 Å². The average Bonchev–Trinajstić information content (AvgIpc) is 2.28. The molecule has 0 aliphatic heterocycles. The van der Waals surface area contributed by atoms with Crippen LogP contribution < -0.4 is 0 Å². The highest BCUT2D eigenvalue weighted by Crippen LogP contribution is 2.25. The summed E-state index contributed by atoms with van der Waals surface area (Å²) in [6, 6.07) is 11.3. The summed E-state index contributed by atoms with van der Waals surface area (Å²) in [5.41, 5.74) is 0.613. The molecular formula is C13H9BrF2S. The molecule has 4 heteroatoms. The van der Waals surface area contributed by atoms with Gasteiger partial charge in [-0.15, -0.1) is 11.8 Å². The second kappa shape index (κ2) is 5.65. The van der Waals surface area contributed by atoms with Crippen molar-refractivity contribution in [2.24, 2.45) is 0 Å². The second-order valence-electron chi connectivity index (χ2n) is 3.48. The van der Waals surface area contributed by atoms with E-state index in [0.29, 0.717) is 11.3 Å². The monoisotopic (exact) mass is 314 g/mol. The first-order valence-corrected chi connectivity index (χ1v) is 6.75. The Kier molecular flexibility index (Phi) is 4.18. The van der Waals surface area contributed by atoms with E-state index in [1.54, 1.807) is 18.2 Å². The lowest BCUT2D eigenvalue weighted by atomic mass is 10.2. The molecule has 0 aromatic heterocycles. The third-order valence-electron chi connectivity index (χ3n) is 2.21. The molecule has 0 amide bonds. The summed E-state index contributed by atoms with van der Waals surface area (Å²) in [6.07, 6.45) is 0. The molecule has 0 radical (unpaired) electrons. The zero-order chi connectivity index (χ0) is 12.3. The maximum absolute atomic E-state index is 13.5. The van der Waals surface area contributed by atoms with E-state index >= 15 is 0 Å². The topological polar surface area (TPSA) is 0 Å². The van der Waals surface area contributed by atoms with Crippen LogP contribution in [0.4, 0.5) is 8.78 Å². The minimum absolute atomic E-state index is 0.247. The first-order chi connectivity index (χ1) is 8.15. The van der Waals surface area contributed by atoms with Crippen LogP contribution >= 0.6 is 27.7 Å². The van der Waals surface area contributed by atoms with Crippen molar-refractivity contribution >= 4 is 27.7 Å². The SMILES string of the molecule is Fc1cccc(SCc2ccc(Br)cc2F)c1. The maximum Gasteiger partial charge on any atom is 0.128 e. The van der Waals surface area contributed by atoms with Crippen LogP contribution in [0.1, 0.15) is 5.56 Å². The first kappa shape index (κ1) is 12.6. The summed E-state index contributed by atoms with van der Waals surface area (Å²) >= 11 is 4.62. The standard InChI is InChI=1S/C13H9BrF2S/c14-10-5-4-9(13(16)6-10)8-17-12-3-1-2-11(15)7-12/h1-7H,8H2. The predicted molar refractivity (Wildman–Crippen MR) is 70.1 cm³/mol. The zero-order valence-corrected chi connectivity index (χ0v) is 11.2. The molecule has 17 heavy (non-hydrogen) atoms. The number of thioether (sulfide) groups is 1. The largest absolute Gasteiger partial charge is 0.207 e. The summed E-state index contributed by atoms with van der Waals surface area (Å²) in [6.45, 7) is 0. The van der Waals surface area contributed by atoms with Crippen LogP contribution in [0.3, 0.4) is 0 Å². The van der Waals surface area contributed by atoms with Crippen molar-refractivity contribution in [1.29, 1.82) is 0 Å². The molecule has 2 rings (SSSR count). The fourth-order valence-corrected chi connectivity index (χ4v) is 2.62. The minimum atomic E-state index is -0.272. The van der Waals surface area contributed by atoms with Gasteiger partial charge in [0.2, 0.25) is 0 Å². The molecule has 2 aromatic carbocycles. The summed E-state index contributed by atoms with van der Waals surface area (Å²) in [7, 11) is 0. The average molecular weight is 315 g/mol. The summed E-state index contributed by atoms with van der Waals surface area (Å²) < 4.78 is 27.2. The Labute approximate surface area is 111 Å². The number of benzene rings is 2. The van der Waals surface area contributed by atoms with Crippen molar-refractivity contribution in [3.8, 4) is 0 Å². The molecule has 0 bridgehead atoms. The summed E-state index contributed by atoms with van der Waals surface area (Å²) in [4.78, 5) is 0.798. The second-order valence-corrected chi connectivity index (χ2v) is 5.45. The van der Waals surface area contributed by atoms with Gasteiger partial charge in [0.25, 0.3) is 0 Å². The van der Waals surface area contributed by atoms with E-state index in [-0.39, 0.29) is 11.6 Å². The molecule has 2 aromatic rings. The van der Waals surface area contributed by atoms with E-state index in [1.165, 1.54) is 30.0 Å². The fourth-order valence-electron chi connectivity index (χ4n) is 1.36. The first-order valence-electron chi connectivity index (χ1n) is 4.97. The lowest BCUT2D eigenvalue weighted by molar-refractivity contribution is 0.616. The number of halogens is 3. The molecule has 0 saturated heterocycles. The van der Waals surface area contributed by atoms with Gasteiger partial charge in [0, 0.05) is 15.1 Å². The molecule has 0 spiro atoms. The van der Waals surface area contributed by atoms with Gasteiger partial charge >= 0.3 is 0 Å². The van der Waals surface area contributed by atoms with E-state index in [4.69, 9.17) is 0 Å². The molecule has 0 aliphatic carbocycles. The van der Waals surface area contributed by atoms with Gasteiger partial charge in [-0.1, -0.05) is 28.1 Å². The lowest BCUT2D eigenvalue weighted by Crippen LogP contribution is -1.87. The van der Waals surface area contributed by atoms with E-state index in [0.717, 1.165) is 9.37 Å². The Hall–Kier alpha value is -0.870. The van der Waals surface area contributed by atoms with Crippen molar-refractivity contribution in [1.82, 2.24) is 0 Å². The zero-order valence-electron chi connectivity index (χ0n) is 8.79. The van der Waals surface area contributed by atoms with Crippen molar-refractivity contribution in [3.63, 3.8) is 0 Å². The highest BCUT2D eigenvalue weighted by molar-refractivity contribution is 9.10. The van der Waals surface area contributed by atoms with Crippen LogP contribution in [0.5, 0.6) is 0 Å². The lowest BCUT2D eigenvalue weighted by Gasteiger charge is -2.04. The highest BCUT2D eigenvalue weighted by atomic mass is 79.9. The van der Waals surface area contributed by atoms with E-state index in [1.807, 2.05) is 6.07 Å². The molecule has 0 heterocycles. The smallest absolute Gasteiger partial charge is 0.128 e. The molecule has 0 nitrogen and oxygen atoms in total. The summed E-state index contributed by atoms with van der Waals surface area (Å²) in [5.74, 6) is -0.0303. The van der Waals surface area contributed by atoms with Gasteiger partial charge in [-0.2, -0.15) is 0 Å². The van der Waals surface area contributed by atoms with Crippen molar-refractivity contribution in [3.05, 3.63) is 64.1 Å². The van der Waals surface area contributed by atoms with Crippen molar-refractivity contribution < 1.29 is 8.78 Å². The third kappa shape index (κ3) is 3.54. The minimum Gasteiger partial charge on any atom is -0.207 e. The van der Waals surface area contributed by atoms with Gasteiger partial charge in [-0.3, -0.25) is 0 Å². The summed E-state index contributed by atoms with van der Waals surface area (Å²) in [5, 5.41) is 0. The molecule has 0 N–H and O–H groups in total. The van der Waals surface area contributed by atoms with Gasteiger partial charge in [-0.25, -0.2) is 8.78 Å². The highest BCUT2D eigenvalue weighted by Gasteiger charge is 2.04. The normalized spacial score (nSPS) is 10.5. The Bertz CT molecular complexity index is 529. The molecule has 0 fully saturated rings. The van der Waals surface area contributed by atoms with Crippen LogP contribution in [0.15, 0.2) is 51.8 Å². The van der Waals surface area contributed by atoms with Gasteiger partial charge in [0.15, 0.2) is 0 Å². The van der Waals surface area contributed by atoms with Crippen LogP contribution in [0.2, 0.25) is 0 Å². The van der Waals surface area contributed by atoms with Gasteiger partial charge in [-0.05, 0) is 35.9 Å². The van der Waals surface area contributed by atoms with Gasteiger partial charge in [0.1, 0.15) is 11.6 Å². The van der Waals surface area contributed by atoms with Crippen LogP contribution in [-0.2, 0) is 5.75 Å². The van der Waals surface area contributed by atoms with Gasteiger partial charge < -0.3 is 0 Å². The van der Waals surface area contributed by atoms with E-state index in [2.05, 4.69) is 15.9 Å². The van der Waals surface area contributed by atoms with E-state index < -0.39 is 0 Å². The Balaban J connectivity index is 2.07. The van der Waals surface area contributed by atoms with Crippen LogP contribution in [-0.4, -0.2) is 0 Å². The Morgan fingerprint density at radius 1 is 1.06 bits per heavy atom.